The number of amides is 1. The van der Waals surface area contributed by atoms with Gasteiger partial charge in [-0.05, 0) is 24.3 Å². The van der Waals surface area contributed by atoms with Crippen molar-refractivity contribution >= 4 is 29.0 Å². The van der Waals surface area contributed by atoms with Crippen molar-refractivity contribution in [3.63, 3.8) is 0 Å². The molecule has 0 radical (unpaired) electrons. The number of hydrogen-bond donors (Lipinski definition) is 1. The molecule has 0 atom stereocenters. The van der Waals surface area contributed by atoms with Gasteiger partial charge in [0.25, 0.3) is 5.69 Å². The minimum atomic E-state index is -0.853. The number of thioether (sulfide) groups is 1. The molecule has 0 heterocycles. The van der Waals surface area contributed by atoms with Crippen LogP contribution < -0.4 is 5.32 Å². The maximum Gasteiger partial charge on any atom is 0.269 e. The van der Waals surface area contributed by atoms with Crippen LogP contribution in [0.3, 0.4) is 0 Å². The molecule has 0 aliphatic heterocycles. The highest BCUT2D eigenvalue weighted by molar-refractivity contribution is 8.00. The molecule has 8 heteroatoms. The quantitative estimate of drug-likeness (QED) is 0.518. The Kier molecular flexibility index (Phi) is 5.05. The molecule has 0 spiro atoms. The highest BCUT2D eigenvalue weighted by Crippen LogP contribution is 2.22. The van der Waals surface area contributed by atoms with E-state index in [9.17, 15) is 23.7 Å². The van der Waals surface area contributed by atoms with Gasteiger partial charge in [-0.25, -0.2) is 8.78 Å². The third kappa shape index (κ3) is 4.01. The number of hydrogen-bond acceptors (Lipinski definition) is 4. The van der Waals surface area contributed by atoms with E-state index in [4.69, 9.17) is 0 Å². The van der Waals surface area contributed by atoms with E-state index in [0.717, 1.165) is 23.9 Å². The van der Waals surface area contributed by atoms with Gasteiger partial charge in [-0.3, -0.25) is 14.9 Å². The van der Waals surface area contributed by atoms with E-state index in [1.165, 1.54) is 30.3 Å². The zero-order valence-electron chi connectivity index (χ0n) is 11.1. The molecule has 2 aromatic rings. The predicted molar refractivity (Wildman–Crippen MR) is 78.8 cm³/mol. The van der Waals surface area contributed by atoms with Crippen molar-refractivity contribution in [3.8, 4) is 0 Å². The number of carbonyl (C=O) groups excluding carboxylic acids is 1. The normalized spacial score (nSPS) is 10.3. The highest BCUT2D eigenvalue weighted by Gasteiger charge is 2.12. The average molecular weight is 324 g/mol. The van der Waals surface area contributed by atoms with E-state index in [1.54, 1.807) is 0 Å². The molecule has 1 N–H and O–H groups in total. The van der Waals surface area contributed by atoms with Crippen molar-refractivity contribution in [1.29, 1.82) is 0 Å². The van der Waals surface area contributed by atoms with Crippen molar-refractivity contribution in [2.75, 3.05) is 11.1 Å². The number of non-ortho nitro benzene ring substituents is 1. The van der Waals surface area contributed by atoms with Crippen LogP contribution in [0.25, 0.3) is 0 Å². The molecule has 0 saturated heterocycles. The first-order valence-electron chi connectivity index (χ1n) is 6.08. The number of halogens is 2. The van der Waals surface area contributed by atoms with E-state index in [-0.39, 0.29) is 11.4 Å². The highest BCUT2D eigenvalue weighted by atomic mass is 32.2. The third-order valence-corrected chi connectivity index (χ3v) is 3.66. The monoisotopic (exact) mass is 324 g/mol. The molecule has 2 rings (SSSR count). The van der Waals surface area contributed by atoms with Gasteiger partial charge in [0.05, 0.1) is 10.7 Å². The molecule has 0 fully saturated rings. The Morgan fingerprint density at radius 1 is 1.14 bits per heavy atom. The van der Waals surface area contributed by atoms with E-state index < -0.39 is 28.2 Å². The Morgan fingerprint density at radius 3 is 2.27 bits per heavy atom. The first kappa shape index (κ1) is 15.9. The lowest BCUT2D eigenvalue weighted by Gasteiger charge is -2.07. The smallest absolute Gasteiger partial charge is 0.269 e. The van der Waals surface area contributed by atoms with Gasteiger partial charge in [0, 0.05) is 17.0 Å². The van der Waals surface area contributed by atoms with Crippen LogP contribution in [0.4, 0.5) is 20.2 Å². The fraction of sp³-hybridized carbons (Fsp3) is 0.0714. The standard InChI is InChI=1S/C14H10F2N2O3S/c15-11-2-1-3-12(16)14(11)17-13(19)8-22-10-6-4-9(5-7-10)18(20)21/h1-7H,8H2,(H,17,19). The third-order valence-electron chi connectivity index (χ3n) is 2.64. The number of nitro benzene ring substituents is 1. The zero-order valence-corrected chi connectivity index (χ0v) is 11.9. The maximum absolute atomic E-state index is 13.4. The molecule has 2 aromatic carbocycles. The first-order chi connectivity index (χ1) is 10.5. The van der Waals surface area contributed by atoms with Crippen LogP contribution in [0.2, 0.25) is 0 Å². The van der Waals surface area contributed by atoms with Crippen LogP contribution in [0.5, 0.6) is 0 Å². The Labute approximate surface area is 128 Å². The summed E-state index contributed by atoms with van der Waals surface area (Å²) in [5, 5.41) is 12.7. The molecule has 0 aliphatic rings. The molecule has 0 saturated carbocycles. The fourth-order valence-electron chi connectivity index (χ4n) is 1.61. The van der Waals surface area contributed by atoms with Crippen LogP contribution in [0.1, 0.15) is 0 Å². The summed E-state index contributed by atoms with van der Waals surface area (Å²) in [5.41, 5.74) is -0.543. The first-order valence-corrected chi connectivity index (χ1v) is 7.07. The van der Waals surface area contributed by atoms with E-state index in [1.807, 2.05) is 0 Å². The molecule has 0 aromatic heterocycles. The summed E-state index contributed by atoms with van der Waals surface area (Å²) >= 11 is 1.10. The molecular formula is C14H10F2N2O3S. The number of nitrogens with zero attached hydrogens (tertiary/aromatic N) is 1. The van der Waals surface area contributed by atoms with Crippen LogP contribution in [-0.2, 0) is 4.79 Å². The summed E-state index contributed by atoms with van der Waals surface area (Å²) in [6.45, 7) is 0. The lowest BCUT2D eigenvalue weighted by Crippen LogP contribution is -2.16. The van der Waals surface area contributed by atoms with Gasteiger partial charge < -0.3 is 5.32 Å². The molecule has 1 amide bonds. The van der Waals surface area contributed by atoms with Crippen LogP contribution in [0, 0.1) is 21.7 Å². The lowest BCUT2D eigenvalue weighted by atomic mass is 10.3. The Balaban J connectivity index is 1.94. The van der Waals surface area contributed by atoms with Gasteiger partial charge in [-0.2, -0.15) is 0 Å². The topological polar surface area (TPSA) is 72.2 Å². The Morgan fingerprint density at radius 2 is 1.73 bits per heavy atom. The largest absolute Gasteiger partial charge is 0.320 e. The Bertz CT molecular complexity index is 687. The number of benzene rings is 2. The van der Waals surface area contributed by atoms with E-state index >= 15 is 0 Å². The molecule has 0 bridgehead atoms. The van der Waals surface area contributed by atoms with Crippen LogP contribution >= 0.6 is 11.8 Å². The van der Waals surface area contributed by atoms with Crippen molar-refractivity contribution < 1.29 is 18.5 Å². The molecular weight excluding hydrogens is 314 g/mol. The van der Waals surface area contributed by atoms with Crippen molar-refractivity contribution in [3.05, 3.63) is 64.2 Å². The van der Waals surface area contributed by atoms with Crippen molar-refractivity contribution in [2.45, 2.75) is 4.90 Å². The summed E-state index contributed by atoms with van der Waals surface area (Å²) in [4.78, 5) is 22.3. The summed E-state index contributed by atoms with van der Waals surface area (Å²) in [6.07, 6.45) is 0. The summed E-state index contributed by atoms with van der Waals surface area (Å²) < 4.78 is 26.7. The number of rotatable bonds is 5. The van der Waals surface area contributed by atoms with E-state index in [0.29, 0.717) is 4.90 Å². The van der Waals surface area contributed by atoms with Gasteiger partial charge >= 0.3 is 0 Å². The second-order valence-corrected chi connectivity index (χ2v) is 5.23. The number of carbonyl (C=O) groups is 1. The van der Waals surface area contributed by atoms with Gasteiger partial charge in [0.2, 0.25) is 5.91 Å². The summed E-state index contributed by atoms with van der Waals surface area (Å²) in [7, 11) is 0. The van der Waals surface area contributed by atoms with Crippen LogP contribution in [0.15, 0.2) is 47.4 Å². The second-order valence-electron chi connectivity index (χ2n) is 4.18. The van der Waals surface area contributed by atoms with E-state index in [2.05, 4.69) is 5.32 Å². The van der Waals surface area contributed by atoms with Crippen molar-refractivity contribution in [1.82, 2.24) is 0 Å². The molecule has 0 aliphatic carbocycles. The predicted octanol–water partition coefficient (Wildman–Crippen LogP) is 3.60. The number of para-hydroxylation sites is 1. The molecule has 5 nitrogen and oxygen atoms in total. The molecule has 0 unspecified atom stereocenters. The maximum atomic E-state index is 13.4. The SMILES string of the molecule is O=C(CSc1ccc([N+](=O)[O-])cc1)Nc1c(F)cccc1F. The van der Waals surface area contributed by atoms with Gasteiger partial charge in [0.15, 0.2) is 0 Å². The average Bonchev–Trinajstić information content (AvgIpc) is 2.49. The fourth-order valence-corrected chi connectivity index (χ4v) is 2.30. The number of nitro groups is 1. The lowest BCUT2D eigenvalue weighted by molar-refractivity contribution is -0.384. The summed E-state index contributed by atoms with van der Waals surface area (Å²) in [5.74, 6) is -2.36. The number of nitrogens with one attached hydrogen (secondary N) is 1. The zero-order chi connectivity index (χ0) is 16.1. The summed E-state index contributed by atoms with van der Waals surface area (Å²) in [6, 6.07) is 8.92. The number of anilines is 1. The molecule has 114 valence electrons. The minimum Gasteiger partial charge on any atom is -0.320 e. The van der Waals surface area contributed by atoms with Gasteiger partial charge in [-0.1, -0.05) is 6.07 Å². The van der Waals surface area contributed by atoms with Crippen LogP contribution in [-0.4, -0.2) is 16.6 Å². The van der Waals surface area contributed by atoms with Gasteiger partial charge in [-0.15, -0.1) is 11.8 Å². The Hall–Kier alpha value is -2.48. The second kappa shape index (κ2) is 6.99. The minimum absolute atomic E-state index is 0.0535. The van der Waals surface area contributed by atoms with Crippen molar-refractivity contribution in [2.24, 2.45) is 0 Å². The molecule has 22 heavy (non-hydrogen) atoms. The van der Waals surface area contributed by atoms with Gasteiger partial charge in [0.1, 0.15) is 17.3 Å².